The van der Waals surface area contributed by atoms with Crippen molar-refractivity contribution in [3.05, 3.63) is 0 Å². The molecule has 1 amide bonds. The number of nitrogens with two attached hydrogens (primary N) is 2. The normalized spacial score (nSPS) is 13.7. The van der Waals surface area contributed by atoms with Crippen LogP contribution in [0.5, 0.6) is 0 Å². The highest BCUT2D eigenvalue weighted by molar-refractivity contribution is 5.77. The van der Waals surface area contributed by atoms with Gasteiger partial charge < -0.3 is 21.7 Å². The number of nitrogens with one attached hydrogen (secondary N) is 2. The summed E-state index contributed by atoms with van der Waals surface area (Å²) in [7, 11) is 0. The molecule has 20 heavy (non-hydrogen) atoms. The molecule has 8 N–H and O–H groups in total. The van der Waals surface area contributed by atoms with Crippen LogP contribution in [0.4, 0.5) is 0 Å². The second kappa shape index (κ2) is 10.1. The molecule has 0 aromatic carbocycles. The molecule has 0 aliphatic rings. The molecule has 0 heterocycles. The highest BCUT2D eigenvalue weighted by Crippen LogP contribution is 2.01. The van der Waals surface area contributed by atoms with E-state index >= 15 is 0 Å². The van der Waals surface area contributed by atoms with E-state index in [0.717, 1.165) is 0 Å². The number of hydrogen-bond acceptors (Lipinski definition) is 6. The number of carbonyl (C=O) groups is 3. The number of rotatable bonds is 12. The van der Waals surface area contributed by atoms with Gasteiger partial charge in [0.1, 0.15) is 12.1 Å². The first-order valence-corrected chi connectivity index (χ1v) is 6.33. The molecule has 9 heteroatoms. The average Bonchev–Trinajstić information content (AvgIpc) is 2.35. The van der Waals surface area contributed by atoms with E-state index in [1.165, 1.54) is 0 Å². The van der Waals surface area contributed by atoms with Crippen molar-refractivity contribution in [3.63, 3.8) is 0 Å². The number of hydrogen-bond donors (Lipinski definition) is 6. The number of carbonyl (C=O) groups excluding carboxylic acids is 1. The van der Waals surface area contributed by atoms with Gasteiger partial charge in [-0.05, 0) is 32.2 Å². The lowest BCUT2D eigenvalue weighted by molar-refractivity contribution is -0.143. The van der Waals surface area contributed by atoms with Gasteiger partial charge in [-0.3, -0.25) is 14.4 Å². The van der Waals surface area contributed by atoms with Crippen molar-refractivity contribution in [1.29, 1.82) is 0 Å². The molecule has 0 aromatic heterocycles. The molecule has 0 aliphatic carbocycles. The first-order chi connectivity index (χ1) is 9.38. The molecule has 116 valence electrons. The first kappa shape index (κ1) is 18.3. The third-order valence-electron chi connectivity index (χ3n) is 2.65. The SMILES string of the molecule is NCCCCC(NNC(CCC(N)=O)C(=O)O)C(=O)O. The highest BCUT2D eigenvalue weighted by Gasteiger charge is 2.22. The van der Waals surface area contributed by atoms with Crippen LogP contribution in [0.15, 0.2) is 0 Å². The maximum atomic E-state index is 11.0. The fraction of sp³-hybridized carbons (Fsp3) is 0.727. The summed E-state index contributed by atoms with van der Waals surface area (Å²) in [5, 5.41) is 17.9. The van der Waals surface area contributed by atoms with Crippen molar-refractivity contribution >= 4 is 17.8 Å². The lowest BCUT2D eigenvalue weighted by atomic mass is 10.1. The largest absolute Gasteiger partial charge is 0.480 e. The second-order valence-corrected chi connectivity index (χ2v) is 4.36. The Morgan fingerprint density at radius 3 is 1.85 bits per heavy atom. The van der Waals surface area contributed by atoms with Crippen LogP contribution >= 0.6 is 0 Å². The topological polar surface area (TPSA) is 168 Å². The molecule has 0 spiro atoms. The third-order valence-corrected chi connectivity index (χ3v) is 2.65. The summed E-state index contributed by atoms with van der Waals surface area (Å²) in [4.78, 5) is 32.5. The van der Waals surface area contributed by atoms with E-state index in [4.69, 9.17) is 21.7 Å². The van der Waals surface area contributed by atoms with Crippen LogP contribution in [0.1, 0.15) is 32.1 Å². The van der Waals surface area contributed by atoms with Gasteiger partial charge in [0.2, 0.25) is 5.91 Å². The van der Waals surface area contributed by atoms with Gasteiger partial charge in [-0.1, -0.05) is 0 Å². The summed E-state index contributed by atoms with van der Waals surface area (Å²) in [5.74, 6) is -2.89. The quantitative estimate of drug-likeness (QED) is 0.184. The van der Waals surface area contributed by atoms with Gasteiger partial charge in [0.25, 0.3) is 0 Å². The molecule has 0 saturated carbocycles. The molecular weight excluding hydrogens is 268 g/mol. The van der Waals surface area contributed by atoms with Crippen LogP contribution in [-0.4, -0.2) is 46.7 Å². The van der Waals surface area contributed by atoms with Crippen molar-refractivity contribution in [3.8, 4) is 0 Å². The summed E-state index contributed by atoms with van der Waals surface area (Å²) in [6.07, 6.45) is 1.50. The Kier molecular flexibility index (Phi) is 9.26. The zero-order valence-corrected chi connectivity index (χ0v) is 11.2. The zero-order chi connectivity index (χ0) is 15.5. The summed E-state index contributed by atoms with van der Waals surface area (Å²) < 4.78 is 0. The number of carboxylic acids is 2. The summed E-state index contributed by atoms with van der Waals surface area (Å²) in [5.41, 5.74) is 15.1. The molecule has 2 atom stereocenters. The molecule has 9 nitrogen and oxygen atoms in total. The second-order valence-electron chi connectivity index (χ2n) is 4.36. The predicted molar refractivity (Wildman–Crippen MR) is 70.5 cm³/mol. The molecular formula is C11H22N4O5. The molecule has 0 bridgehead atoms. The van der Waals surface area contributed by atoms with E-state index in [2.05, 4.69) is 10.9 Å². The molecule has 0 aliphatic heterocycles. The molecule has 2 unspecified atom stereocenters. The van der Waals surface area contributed by atoms with Crippen molar-refractivity contribution in [2.24, 2.45) is 11.5 Å². The summed E-state index contributed by atoms with van der Waals surface area (Å²) in [6, 6.07) is -2.00. The Morgan fingerprint density at radius 2 is 1.45 bits per heavy atom. The number of hydrazine groups is 1. The maximum Gasteiger partial charge on any atom is 0.322 e. The van der Waals surface area contributed by atoms with Crippen LogP contribution < -0.4 is 22.3 Å². The van der Waals surface area contributed by atoms with Crippen LogP contribution in [0.2, 0.25) is 0 Å². The van der Waals surface area contributed by atoms with Gasteiger partial charge in [0.15, 0.2) is 0 Å². The van der Waals surface area contributed by atoms with Gasteiger partial charge in [0.05, 0.1) is 0 Å². The van der Waals surface area contributed by atoms with Crippen LogP contribution in [0, 0.1) is 0 Å². The van der Waals surface area contributed by atoms with Gasteiger partial charge in [-0.15, -0.1) is 0 Å². The fourth-order valence-electron chi connectivity index (χ4n) is 1.50. The lowest BCUT2D eigenvalue weighted by Crippen LogP contribution is -2.52. The Hall–Kier alpha value is -1.71. The van der Waals surface area contributed by atoms with E-state index in [1.807, 2.05) is 0 Å². The predicted octanol–water partition coefficient (Wildman–Crippen LogP) is -1.62. The molecule has 0 fully saturated rings. The number of carboxylic acid groups (broad SMARTS) is 2. The Morgan fingerprint density at radius 1 is 0.950 bits per heavy atom. The minimum atomic E-state index is -1.19. The van der Waals surface area contributed by atoms with E-state index in [-0.39, 0.29) is 12.8 Å². The smallest absolute Gasteiger partial charge is 0.322 e. The van der Waals surface area contributed by atoms with Gasteiger partial charge in [0, 0.05) is 6.42 Å². The first-order valence-electron chi connectivity index (χ1n) is 6.33. The van der Waals surface area contributed by atoms with Crippen LogP contribution in [0.25, 0.3) is 0 Å². The number of aliphatic carboxylic acids is 2. The Bertz CT molecular complexity index is 337. The van der Waals surface area contributed by atoms with E-state index in [9.17, 15) is 14.4 Å². The third kappa shape index (κ3) is 8.40. The van der Waals surface area contributed by atoms with E-state index < -0.39 is 29.9 Å². The number of amides is 1. The fourth-order valence-corrected chi connectivity index (χ4v) is 1.50. The molecule has 0 rings (SSSR count). The summed E-state index contributed by atoms with van der Waals surface area (Å²) >= 11 is 0. The molecule has 0 saturated heterocycles. The lowest BCUT2D eigenvalue weighted by Gasteiger charge is -2.19. The zero-order valence-electron chi connectivity index (χ0n) is 11.2. The molecule has 0 radical (unpaired) electrons. The minimum absolute atomic E-state index is 0.0210. The standard InChI is InChI=1S/C11H22N4O5/c12-6-2-1-3-7(10(17)18)14-15-8(11(19)20)4-5-9(13)16/h7-8,14-15H,1-6,12H2,(H2,13,16)(H,17,18)(H,19,20). The van der Waals surface area contributed by atoms with E-state index in [0.29, 0.717) is 25.8 Å². The van der Waals surface area contributed by atoms with Crippen LogP contribution in [-0.2, 0) is 14.4 Å². The van der Waals surface area contributed by atoms with Crippen molar-refractivity contribution in [1.82, 2.24) is 10.9 Å². The summed E-state index contributed by atoms with van der Waals surface area (Å²) in [6.45, 7) is 0.468. The van der Waals surface area contributed by atoms with Crippen LogP contribution in [0.3, 0.4) is 0 Å². The van der Waals surface area contributed by atoms with E-state index in [1.54, 1.807) is 0 Å². The van der Waals surface area contributed by atoms with Gasteiger partial charge >= 0.3 is 11.9 Å². The Labute approximate surface area is 116 Å². The van der Waals surface area contributed by atoms with Gasteiger partial charge in [-0.2, -0.15) is 0 Å². The highest BCUT2D eigenvalue weighted by atomic mass is 16.4. The number of unbranched alkanes of at least 4 members (excludes halogenated alkanes) is 1. The average molecular weight is 290 g/mol. The minimum Gasteiger partial charge on any atom is -0.480 e. The number of primary amides is 1. The maximum absolute atomic E-state index is 11.0. The van der Waals surface area contributed by atoms with Gasteiger partial charge in [-0.25, -0.2) is 10.9 Å². The monoisotopic (exact) mass is 290 g/mol. The van der Waals surface area contributed by atoms with Crippen molar-refractivity contribution < 1.29 is 24.6 Å². The van der Waals surface area contributed by atoms with Crippen molar-refractivity contribution in [2.45, 2.75) is 44.2 Å². The molecule has 0 aromatic rings. The van der Waals surface area contributed by atoms with Crippen molar-refractivity contribution in [2.75, 3.05) is 6.54 Å². The Balaban J connectivity index is 4.28.